The third-order valence-electron chi connectivity index (χ3n) is 5.28. The van der Waals surface area contributed by atoms with Crippen LogP contribution in [-0.4, -0.2) is 8.11 Å². The molecule has 0 N–H and O–H groups in total. The summed E-state index contributed by atoms with van der Waals surface area (Å²) >= 11 is 6.38. The monoisotopic (exact) mass is 379 g/mol. The van der Waals surface area contributed by atoms with Crippen molar-refractivity contribution in [2.75, 3.05) is 0 Å². The van der Waals surface area contributed by atoms with Gasteiger partial charge in [0.05, 0.1) is 0 Å². The molecule has 1 fully saturated rings. The van der Waals surface area contributed by atoms with Crippen LogP contribution >= 0.6 is 11.1 Å². The molecule has 0 aromatic heterocycles. The minimum absolute atomic E-state index is 0.199. The fourth-order valence-corrected chi connectivity index (χ4v) is 6.05. The van der Waals surface area contributed by atoms with E-state index in [-0.39, 0.29) is 5.82 Å². The van der Waals surface area contributed by atoms with Crippen molar-refractivity contribution in [3.05, 3.63) is 84.2 Å². The van der Waals surface area contributed by atoms with Crippen LogP contribution in [0.2, 0.25) is 12.1 Å². The van der Waals surface area contributed by atoms with E-state index in [9.17, 15) is 4.39 Å². The SMILES string of the molecule is Fc1ccc(-c2cc(C3CC[Si](Cl)CC3)ccc2-c2ccccc2)cc1. The molecule has 0 amide bonds. The number of hydrogen-bond acceptors (Lipinski definition) is 0. The molecular weight excluding hydrogens is 359 g/mol. The molecule has 3 heteroatoms. The first kappa shape index (κ1) is 17.5. The van der Waals surface area contributed by atoms with Gasteiger partial charge in [-0.25, -0.2) is 4.39 Å². The van der Waals surface area contributed by atoms with E-state index in [1.54, 1.807) is 12.1 Å². The van der Waals surface area contributed by atoms with Crippen molar-refractivity contribution in [2.24, 2.45) is 0 Å². The van der Waals surface area contributed by atoms with Crippen molar-refractivity contribution in [3.63, 3.8) is 0 Å². The van der Waals surface area contributed by atoms with E-state index in [0.29, 0.717) is 5.92 Å². The largest absolute Gasteiger partial charge is 0.207 e. The van der Waals surface area contributed by atoms with Crippen LogP contribution in [0.1, 0.15) is 24.3 Å². The molecule has 1 aliphatic rings. The molecular formula is C23H21ClFSi. The Labute approximate surface area is 161 Å². The maximum Gasteiger partial charge on any atom is 0.165 e. The number of rotatable bonds is 3. The molecule has 3 aromatic rings. The van der Waals surface area contributed by atoms with Crippen LogP contribution in [0.5, 0.6) is 0 Å². The van der Waals surface area contributed by atoms with Gasteiger partial charge in [0, 0.05) is 0 Å². The highest BCUT2D eigenvalue weighted by Gasteiger charge is 2.23. The van der Waals surface area contributed by atoms with Gasteiger partial charge in [-0.05, 0) is 70.8 Å². The van der Waals surface area contributed by atoms with Gasteiger partial charge >= 0.3 is 0 Å². The fraction of sp³-hybridized carbons (Fsp3) is 0.217. The predicted octanol–water partition coefficient (Wildman–Crippen LogP) is 7.27. The quantitative estimate of drug-likeness (QED) is 0.331. The Hall–Kier alpha value is -1.90. The fourth-order valence-electron chi connectivity index (χ4n) is 3.82. The minimum Gasteiger partial charge on any atom is -0.207 e. The normalized spacial score (nSPS) is 15.9. The van der Waals surface area contributed by atoms with E-state index in [0.717, 1.165) is 5.56 Å². The average Bonchev–Trinajstić information content (AvgIpc) is 2.69. The molecule has 26 heavy (non-hydrogen) atoms. The van der Waals surface area contributed by atoms with E-state index in [2.05, 4.69) is 42.5 Å². The summed E-state index contributed by atoms with van der Waals surface area (Å²) in [6, 6.07) is 26.4. The summed E-state index contributed by atoms with van der Waals surface area (Å²) < 4.78 is 13.4. The summed E-state index contributed by atoms with van der Waals surface area (Å²) in [5.74, 6) is 0.391. The molecule has 0 aliphatic carbocycles. The van der Waals surface area contributed by atoms with Crippen molar-refractivity contribution in [1.29, 1.82) is 0 Å². The van der Waals surface area contributed by atoms with Crippen LogP contribution in [0, 0.1) is 5.82 Å². The molecule has 3 aromatic carbocycles. The lowest BCUT2D eigenvalue weighted by atomic mass is 9.87. The topological polar surface area (TPSA) is 0 Å². The lowest BCUT2D eigenvalue weighted by Crippen LogP contribution is -2.15. The van der Waals surface area contributed by atoms with E-state index in [1.807, 2.05) is 18.2 Å². The molecule has 0 bridgehead atoms. The highest BCUT2D eigenvalue weighted by molar-refractivity contribution is 7.07. The average molecular weight is 380 g/mol. The second-order valence-electron chi connectivity index (χ2n) is 6.97. The molecule has 1 saturated heterocycles. The Morgan fingerprint density at radius 2 is 1.42 bits per heavy atom. The van der Waals surface area contributed by atoms with Crippen LogP contribution in [0.4, 0.5) is 4.39 Å². The summed E-state index contributed by atoms with van der Waals surface area (Å²) in [6.07, 6.45) is 2.37. The Kier molecular flexibility index (Phi) is 5.23. The highest BCUT2D eigenvalue weighted by atomic mass is 35.6. The standard InChI is InChI=1S/C23H21ClFSi/c24-26-14-12-17(13-15-26)20-8-11-22(18-4-2-1-3-5-18)23(16-20)19-6-9-21(25)10-7-19/h1-11,16-17H,12-15H2. The third-order valence-corrected chi connectivity index (χ3v) is 8.08. The molecule has 1 aliphatic heterocycles. The van der Waals surface area contributed by atoms with Crippen molar-refractivity contribution < 1.29 is 4.39 Å². The highest BCUT2D eigenvalue weighted by Crippen LogP contribution is 2.39. The van der Waals surface area contributed by atoms with E-state index >= 15 is 0 Å². The van der Waals surface area contributed by atoms with Crippen molar-refractivity contribution >= 4 is 19.2 Å². The maximum absolute atomic E-state index is 13.4. The number of halogens is 2. The summed E-state index contributed by atoms with van der Waals surface area (Å²) in [4.78, 5) is 0. The first-order valence-corrected chi connectivity index (χ1v) is 12.1. The van der Waals surface area contributed by atoms with Crippen molar-refractivity contribution in [3.8, 4) is 22.3 Å². The van der Waals surface area contributed by atoms with Gasteiger partial charge in [0.15, 0.2) is 8.11 Å². The first-order valence-electron chi connectivity index (χ1n) is 9.16. The van der Waals surface area contributed by atoms with Crippen LogP contribution in [0.15, 0.2) is 72.8 Å². The molecule has 0 spiro atoms. The lowest BCUT2D eigenvalue weighted by molar-refractivity contribution is 0.613. The predicted molar refractivity (Wildman–Crippen MR) is 110 cm³/mol. The molecule has 0 atom stereocenters. The van der Waals surface area contributed by atoms with Gasteiger partial charge in [-0.3, -0.25) is 0 Å². The summed E-state index contributed by atoms with van der Waals surface area (Å²) in [7, 11) is -0.619. The van der Waals surface area contributed by atoms with Crippen molar-refractivity contribution in [2.45, 2.75) is 30.8 Å². The van der Waals surface area contributed by atoms with Crippen LogP contribution < -0.4 is 0 Å². The third kappa shape index (κ3) is 3.77. The van der Waals surface area contributed by atoms with Crippen LogP contribution in [0.3, 0.4) is 0 Å². The van der Waals surface area contributed by atoms with E-state index in [1.165, 1.54) is 47.2 Å². The van der Waals surface area contributed by atoms with E-state index < -0.39 is 8.11 Å². The zero-order valence-electron chi connectivity index (χ0n) is 14.6. The second kappa shape index (κ2) is 7.77. The summed E-state index contributed by atoms with van der Waals surface area (Å²) in [5, 5.41) is 0. The Bertz CT molecular complexity index is 868. The molecule has 4 rings (SSSR count). The Balaban J connectivity index is 1.78. The van der Waals surface area contributed by atoms with Crippen molar-refractivity contribution in [1.82, 2.24) is 0 Å². The zero-order valence-corrected chi connectivity index (χ0v) is 16.3. The minimum atomic E-state index is -0.619. The number of benzene rings is 3. The van der Waals surface area contributed by atoms with Gasteiger partial charge < -0.3 is 0 Å². The lowest BCUT2D eigenvalue weighted by Gasteiger charge is -2.25. The maximum atomic E-state index is 13.4. The van der Waals surface area contributed by atoms with Crippen LogP contribution in [-0.2, 0) is 0 Å². The molecule has 1 heterocycles. The smallest absolute Gasteiger partial charge is 0.165 e. The van der Waals surface area contributed by atoms with E-state index in [4.69, 9.17) is 11.1 Å². The van der Waals surface area contributed by atoms with Gasteiger partial charge in [0.25, 0.3) is 0 Å². The molecule has 131 valence electrons. The molecule has 1 radical (unpaired) electrons. The second-order valence-corrected chi connectivity index (χ2v) is 10.6. The molecule has 0 saturated carbocycles. The Morgan fingerprint density at radius 3 is 2.12 bits per heavy atom. The molecule has 0 nitrogen and oxygen atoms in total. The van der Waals surface area contributed by atoms with Crippen LogP contribution in [0.25, 0.3) is 22.3 Å². The summed E-state index contributed by atoms with van der Waals surface area (Å²) in [6.45, 7) is 0. The number of hydrogen-bond donors (Lipinski definition) is 0. The molecule has 0 unspecified atom stereocenters. The van der Waals surface area contributed by atoms with Gasteiger partial charge in [0.1, 0.15) is 5.82 Å². The van der Waals surface area contributed by atoms with Gasteiger partial charge in [-0.15, -0.1) is 0 Å². The van der Waals surface area contributed by atoms with Gasteiger partial charge in [0.2, 0.25) is 0 Å². The van der Waals surface area contributed by atoms with Gasteiger partial charge in [-0.1, -0.05) is 60.7 Å². The zero-order chi connectivity index (χ0) is 17.9. The van der Waals surface area contributed by atoms with Gasteiger partial charge in [-0.2, -0.15) is 11.1 Å². The first-order chi connectivity index (χ1) is 12.7. The Morgan fingerprint density at radius 1 is 0.769 bits per heavy atom. The summed E-state index contributed by atoms with van der Waals surface area (Å²) in [5.41, 5.74) is 6.00.